The Balaban J connectivity index is 1.77. The van der Waals surface area contributed by atoms with E-state index in [0.717, 1.165) is 18.6 Å². The Labute approximate surface area is 147 Å². The summed E-state index contributed by atoms with van der Waals surface area (Å²) in [5.41, 5.74) is -0.497. The van der Waals surface area contributed by atoms with Crippen molar-refractivity contribution in [1.82, 2.24) is 9.97 Å². The van der Waals surface area contributed by atoms with Gasteiger partial charge in [-0.2, -0.15) is 13.2 Å². The predicted octanol–water partition coefficient (Wildman–Crippen LogP) is 3.54. The fourth-order valence-corrected chi connectivity index (χ4v) is 2.90. The van der Waals surface area contributed by atoms with Gasteiger partial charge in [-0.15, -0.1) is 0 Å². The first-order valence-corrected chi connectivity index (χ1v) is 8.07. The van der Waals surface area contributed by atoms with Crippen LogP contribution in [0.5, 0.6) is 0 Å². The number of aliphatic carboxylic acids is 1. The van der Waals surface area contributed by atoms with Crippen molar-refractivity contribution < 1.29 is 23.1 Å². The first-order chi connectivity index (χ1) is 12.3. The van der Waals surface area contributed by atoms with E-state index in [1.807, 2.05) is 4.90 Å². The highest BCUT2D eigenvalue weighted by Gasteiger charge is 2.30. The van der Waals surface area contributed by atoms with Crippen LogP contribution in [0, 0.1) is 5.92 Å². The minimum Gasteiger partial charge on any atom is -0.481 e. The molecule has 0 amide bonds. The second-order valence-electron chi connectivity index (χ2n) is 6.09. The van der Waals surface area contributed by atoms with Gasteiger partial charge >= 0.3 is 12.1 Å². The molecule has 0 bridgehead atoms. The molecular weight excluding hydrogens is 349 g/mol. The van der Waals surface area contributed by atoms with Crippen LogP contribution in [-0.4, -0.2) is 34.1 Å². The number of benzene rings is 1. The van der Waals surface area contributed by atoms with Crippen molar-refractivity contribution >= 4 is 23.3 Å². The number of hydrogen-bond donors (Lipinski definition) is 2. The van der Waals surface area contributed by atoms with E-state index in [4.69, 9.17) is 0 Å². The normalized spacial score (nSPS) is 17.8. The second kappa shape index (κ2) is 7.19. The Kier molecular flexibility index (Phi) is 4.97. The third-order valence-corrected chi connectivity index (χ3v) is 4.21. The average molecular weight is 366 g/mol. The van der Waals surface area contributed by atoms with Gasteiger partial charge in [-0.3, -0.25) is 4.79 Å². The third kappa shape index (κ3) is 4.22. The number of halogens is 3. The van der Waals surface area contributed by atoms with Crippen molar-refractivity contribution in [2.75, 3.05) is 23.3 Å². The van der Waals surface area contributed by atoms with E-state index in [9.17, 15) is 23.1 Å². The van der Waals surface area contributed by atoms with Crippen LogP contribution < -0.4 is 10.2 Å². The molecular formula is C17H17F3N4O2. The molecule has 2 heterocycles. The second-order valence-corrected chi connectivity index (χ2v) is 6.09. The molecule has 26 heavy (non-hydrogen) atoms. The number of carboxylic acid groups (broad SMARTS) is 1. The first-order valence-electron chi connectivity index (χ1n) is 8.07. The van der Waals surface area contributed by atoms with Crippen LogP contribution in [-0.2, 0) is 11.0 Å². The SMILES string of the molecule is O=C(O)C1CCCN(c2cc(Nc3cccc(C(F)(F)F)c3)ncn2)C1. The number of aromatic nitrogens is 2. The molecule has 1 atom stereocenters. The van der Waals surface area contributed by atoms with Crippen molar-refractivity contribution in [3.8, 4) is 0 Å². The van der Waals surface area contributed by atoms with Crippen molar-refractivity contribution in [3.05, 3.63) is 42.2 Å². The van der Waals surface area contributed by atoms with Crippen LogP contribution >= 0.6 is 0 Å². The van der Waals surface area contributed by atoms with Gasteiger partial charge in [0.15, 0.2) is 0 Å². The summed E-state index contributed by atoms with van der Waals surface area (Å²) in [5, 5.41) is 12.0. The number of hydrogen-bond acceptors (Lipinski definition) is 5. The van der Waals surface area contributed by atoms with Gasteiger partial charge in [0.25, 0.3) is 0 Å². The topological polar surface area (TPSA) is 78.4 Å². The smallest absolute Gasteiger partial charge is 0.416 e. The zero-order chi connectivity index (χ0) is 18.7. The van der Waals surface area contributed by atoms with Gasteiger partial charge in [0.1, 0.15) is 18.0 Å². The lowest BCUT2D eigenvalue weighted by molar-refractivity contribution is -0.142. The van der Waals surface area contributed by atoms with Gasteiger partial charge in [-0.1, -0.05) is 6.07 Å². The van der Waals surface area contributed by atoms with Gasteiger partial charge in [0.2, 0.25) is 0 Å². The molecule has 138 valence electrons. The highest BCUT2D eigenvalue weighted by molar-refractivity contribution is 5.71. The molecule has 6 nitrogen and oxygen atoms in total. The maximum absolute atomic E-state index is 12.8. The van der Waals surface area contributed by atoms with Crippen LogP contribution in [0.1, 0.15) is 18.4 Å². The highest BCUT2D eigenvalue weighted by atomic mass is 19.4. The average Bonchev–Trinajstić information content (AvgIpc) is 2.61. The number of piperidine rings is 1. The number of rotatable bonds is 4. The van der Waals surface area contributed by atoms with Crippen LogP contribution in [0.3, 0.4) is 0 Å². The van der Waals surface area contributed by atoms with Gasteiger partial charge in [-0.25, -0.2) is 9.97 Å². The summed E-state index contributed by atoms with van der Waals surface area (Å²) in [6.07, 6.45) is -1.77. The lowest BCUT2D eigenvalue weighted by Gasteiger charge is -2.31. The van der Waals surface area contributed by atoms with Crippen LogP contribution in [0.4, 0.5) is 30.5 Å². The summed E-state index contributed by atoms with van der Waals surface area (Å²) in [6, 6.07) is 6.43. The van der Waals surface area contributed by atoms with Crippen molar-refractivity contribution in [1.29, 1.82) is 0 Å². The molecule has 1 aliphatic rings. The fourth-order valence-electron chi connectivity index (χ4n) is 2.90. The lowest BCUT2D eigenvalue weighted by Crippen LogP contribution is -2.39. The Morgan fingerprint density at radius 3 is 2.81 bits per heavy atom. The molecule has 1 saturated heterocycles. The Hall–Kier alpha value is -2.84. The van der Waals surface area contributed by atoms with E-state index < -0.39 is 23.6 Å². The zero-order valence-corrected chi connectivity index (χ0v) is 13.7. The minimum absolute atomic E-state index is 0.256. The fraction of sp³-hybridized carbons (Fsp3) is 0.353. The van der Waals surface area contributed by atoms with Gasteiger partial charge < -0.3 is 15.3 Å². The van der Waals surface area contributed by atoms with Crippen LogP contribution in [0.2, 0.25) is 0 Å². The number of carboxylic acids is 1. The molecule has 2 aromatic rings. The quantitative estimate of drug-likeness (QED) is 0.862. The maximum Gasteiger partial charge on any atom is 0.416 e. The molecule has 1 fully saturated rings. The molecule has 0 aliphatic carbocycles. The van der Waals surface area contributed by atoms with Gasteiger partial charge in [0.05, 0.1) is 11.5 Å². The summed E-state index contributed by atoms with van der Waals surface area (Å²) in [7, 11) is 0. The molecule has 0 saturated carbocycles. The molecule has 1 aromatic heterocycles. The lowest BCUT2D eigenvalue weighted by atomic mass is 9.98. The monoisotopic (exact) mass is 366 g/mol. The van der Waals surface area contributed by atoms with Crippen LogP contribution in [0.25, 0.3) is 0 Å². The molecule has 1 aliphatic heterocycles. The van der Waals surface area contributed by atoms with Crippen molar-refractivity contribution in [2.45, 2.75) is 19.0 Å². The molecule has 2 N–H and O–H groups in total. The van der Waals surface area contributed by atoms with E-state index >= 15 is 0 Å². The number of anilines is 3. The summed E-state index contributed by atoms with van der Waals surface area (Å²) >= 11 is 0. The van der Waals surface area contributed by atoms with Gasteiger partial charge in [-0.05, 0) is 31.0 Å². The Bertz CT molecular complexity index is 798. The number of nitrogens with zero attached hydrogens (tertiary/aromatic N) is 3. The Morgan fingerprint density at radius 1 is 1.27 bits per heavy atom. The summed E-state index contributed by atoms with van der Waals surface area (Å²) in [5.74, 6) is -0.420. The van der Waals surface area contributed by atoms with E-state index in [1.165, 1.54) is 18.5 Å². The molecule has 0 spiro atoms. The molecule has 0 radical (unpaired) electrons. The van der Waals surface area contributed by atoms with E-state index in [-0.39, 0.29) is 5.69 Å². The molecule has 3 rings (SSSR count). The summed E-state index contributed by atoms with van der Waals surface area (Å²) in [4.78, 5) is 21.2. The third-order valence-electron chi connectivity index (χ3n) is 4.21. The Morgan fingerprint density at radius 2 is 2.08 bits per heavy atom. The van der Waals surface area contributed by atoms with Crippen molar-refractivity contribution in [2.24, 2.45) is 5.92 Å². The first kappa shape index (κ1) is 18.0. The highest BCUT2D eigenvalue weighted by Crippen LogP contribution is 2.31. The molecule has 1 unspecified atom stereocenters. The number of carbonyl (C=O) groups is 1. The van der Waals surface area contributed by atoms with E-state index in [2.05, 4.69) is 15.3 Å². The predicted molar refractivity (Wildman–Crippen MR) is 89.3 cm³/mol. The van der Waals surface area contributed by atoms with E-state index in [1.54, 1.807) is 6.07 Å². The molecule has 9 heteroatoms. The van der Waals surface area contributed by atoms with E-state index in [0.29, 0.717) is 31.1 Å². The zero-order valence-electron chi connectivity index (χ0n) is 13.7. The number of alkyl halides is 3. The summed E-state index contributed by atoms with van der Waals surface area (Å²) < 4.78 is 38.4. The minimum atomic E-state index is -4.42. The van der Waals surface area contributed by atoms with Crippen molar-refractivity contribution in [3.63, 3.8) is 0 Å². The molecule has 1 aromatic carbocycles. The van der Waals surface area contributed by atoms with Crippen LogP contribution in [0.15, 0.2) is 36.7 Å². The maximum atomic E-state index is 12.8. The standard InChI is InChI=1S/C17H17F3N4O2/c18-17(19,20)12-4-1-5-13(7-12)23-14-8-15(22-10-21-14)24-6-2-3-11(9-24)16(25)26/h1,4-5,7-8,10-11H,2-3,6,9H2,(H,25,26)(H,21,22,23). The summed E-state index contributed by atoms with van der Waals surface area (Å²) in [6.45, 7) is 1.01. The number of nitrogens with one attached hydrogen (secondary N) is 1. The largest absolute Gasteiger partial charge is 0.481 e. The van der Waals surface area contributed by atoms with Gasteiger partial charge in [0, 0.05) is 24.8 Å².